The third-order valence-corrected chi connectivity index (χ3v) is 5.29. The summed E-state index contributed by atoms with van der Waals surface area (Å²) in [6.07, 6.45) is 1.61. The number of ether oxygens (including phenoxy) is 3. The molecule has 146 valence electrons. The van der Waals surface area contributed by atoms with Gasteiger partial charge in [0, 0.05) is 0 Å². The maximum absolute atomic E-state index is 12.8. The van der Waals surface area contributed by atoms with Gasteiger partial charge in [-0.25, -0.2) is 0 Å². The summed E-state index contributed by atoms with van der Waals surface area (Å²) in [5, 5.41) is 11.5. The number of amides is 1. The number of rotatable bonds is 7. The van der Waals surface area contributed by atoms with Gasteiger partial charge >= 0.3 is 0 Å². The van der Waals surface area contributed by atoms with E-state index < -0.39 is 17.9 Å². The fourth-order valence-corrected chi connectivity index (χ4v) is 4.06. The molecule has 7 nitrogen and oxygen atoms in total. The number of carbonyl (C=O) groups is 2. The quantitative estimate of drug-likeness (QED) is 0.496. The zero-order valence-electron chi connectivity index (χ0n) is 15.6. The molecule has 1 aromatic rings. The molecular weight excluding hydrogens is 390 g/mol. The molecule has 1 fully saturated rings. The van der Waals surface area contributed by atoms with E-state index in [1.54, 1.807) is 32.1 Å². The summed E-state index contributed by atoms with van der Waals surface area (Å²) < 4.78 is 16.1. The monoisotopic (exact) mass is 410 g/mol. The highest BCUT2D eigenvalue weighted by molar-refractivity contribution is 8.26. The lowest BCUT2D eigenvalue weighted by atomic mass is 10.0. The van der Waals surface area contributed by atoms with Crippen LogP contribution in [0.25, 0.3) is 6.08 Å². The summed E-state index contributed by atoms with van der Waals surface area (Å²) >= 11 is 6.27. The summed E-state index contributed by atoms with van der Waals surface area (Å²) in [4.78, 5) is 25.7. The molecule has 1 unspecified atom stereocenters. The van der Waals surface area contributed by atoms with Gasteiger partial charge in [-0.1, -0.05) is 37.8 Å². The summed E-state index contributed by atoms with van der Waals surface area (Å²) in [5.41, 5.74) is 0.625. The largest absolute Gasteiger partial charge is 0.548 e. The normalized spacial score (nSPS) is 16.8. The van der Waals surface area contributed by atoms with Crippen LogP contribution in [0.3, 0.4) is 0 Å². The van der Waals surface area contributed by atoms with Crippen LogP contribution in [0.5, 0.6) is 17.2 Å². The number of methoxy groups -OCH3 is 3. The van der Waals surface area contributed by atoms with Crippen LogP contribution in [-0.2, 0) is 9.59 Å². The molecule has 1 saturated heterocycles. The summed E-state index contributed by atoms with van der Waals surface area (Å²) in [7, 11) is 4.48. The third kappa shape index (κ3) is 4.19. The van der Waals surface area contributed by atoms with E-state index in [2.05, 4.69) is 0 Å². The number of hydrogen-bond acceptors (Lipinski definition) is 8. The molecular formula is C18H20NO6S2-. The van der Waals surface area contributed by atoms with Crippen LogP contribution in [-0.4, -0.2) is 48.5 Å². The molecule has 0 aromatic heterocycles. The second-order valence-electron chi connectivity index (χ2n) is 6.02. The van der Waals surface area contributed by atoms with Gasteiger partial charge in [0.1, 0.15) is 4.32 Å². The van der Waals surface area contributed by atoms with Gasteiger partial charge in [-0.2, -0.15) is 0 Å². The lowest BCUT2D eigenvalue weighted by Gasteiger charge is -2.30. The molecule has 0 saturated carbocycles. The Hall–Kier alpha value is -2.26. The van der Waals surface area contributed by atoms with Crippen molar-refractivity contribution >= 4 is 46.3 Å². The smallest absolute Gasteiger partial charge is 0.266 e. The number of carboxylic acid groups (broad SMARTS) is 1. The van der Waals surface area contributed by atoms with Crippen LogP contribution in [0.1, 0.15) is 19.4 Å². The van der Waals surface area contributed by atoms with E-state index in [1.165, 1.54) is 21.3 Å². The van der Waals surface area contributed by atoms with Gasteiger partial charge in [-0.05, 0) is 29.7 Å². The molecule has 1 amide bonds. The van der Waals surface area contributed by atoms with E-state index in [0.29, 0.717) is 27.7 Å². The molecule has 1 heterocycles. The molecule has 0 bridgehead atoms. The molecule has 0 radical (unpaired) electrons. The lowest BCUT2D eigenvalue weighted by molar-refractivity contribution is -0.311. The van der Waals surface area contributed by atoms with Crippen molar-refractivity contribution in [3.05, 3.63) is 22.6 Å². The van der Waals surface area contributed by atoms with Gasteiger partial charge in [0.25, 0.3) is 5.91 Å². The Bertz CT molecular complexity index is 780. The van der Waals surface area contributed by atoms with Crippen LogP contribution >= 0.6 is 24.0 Å². The minimum atomic E-state index is -1.34. The molecule has 27 heavy (non-hydrogen) atoms. The lowest BCUT2D eigenvalue weighted by Crippen LogP contribution is -2.52. The Kier molecular flexibility index (Phi) is 6.72. The second-order valence-corrected chi connectivity index (χ2v) is 7.69. The first-order valence-corrected chi connectivity index (χ1v) is 9.25. The van der Waals surface area contributed by atoms with Crippen molar-refractivity contribution in [3.8, 4) is 17.2 Å². The molecule has 1 atom stereocenters. The molecule has 0 aliphatic carbocycles. The number of hydrogen-bond donors (Lipinski definition) is 0. The van der Waals surface area contributed by atoms with Crippen LogP contribution in [0, 0.1) is 5.92 Å². The fourth-order valence-electron chi connectivity index (χ4n) is 2.73. The maximum Gasteiger partial charge on any atom is 0.266 e. The molecule has 1 aliphatic heterocycles. The van der Waals surface area contributed by atoms with Gasteiger partial charge in [0.05, 0.1) is 38.2 Å². The van der Waals surface area contributed by atoms with Crippen LogP contribution in [0.2, 0.25) is 0 Å². The Morgan fingerprint density at radius 2 is 1.74 bits per heavy atom. The Balaban J connectivity index is 2.45. The van der Waals surface area contributed by atoms with Gasteiger partial charge in [0.2, 0.25) is 5.75 Å². The maximum atomic E-state index is 12.8. The molecule has 0 N–H and O–H groups in total. The van der Waals surface area contributed by atoms with Crippen molar-refractivity contribution in [1.29, 1.82) is 0 Å². The highest BCUT2D eigenvalue weighted by atomic mass is 32.2. The molecule has 2 rings (SSSR count). The Morgan fingerprint density at radius 3 is 2.15 bits per heavy atom. The first kappa shape index (κ1) is 21.0. The van der Waals surface area contributed by atoms with Crippen molar-refractivity contribution in [1.82, 2.24) is 4.90 Å². The number of nitrogens with zero attached hydrogens (tertiary/aromatic N) is 1. The molecule has 1 aliphatic rings. The third-order valence-electron chi connectivity index (χ3n) is 3.96. The van der Waals surface area contributed by atoms with Gasteiger partial charge in [-0.3, -0.25) is 9.69 Å². The minimum absolute atomic E-state index is 0.182. The standard InChI is InChI=1S/C18H21NO6S2/c1-9(2)14(17(21)22)19-16(20)13(27-18(19)26)8-10-6-11(23-3)15(25-5)12(7-10)24-4/h6-9,14H,1-5H3,(H,21,22)/p-1/b13-8-. The number of thiocarbonyl (C=S) groups is 1. The Morgan fingerprint density at radius 1 is 1.19 bits per heavy atom. The van der Waals surface area contributed by atoms with Crippen molar-refractivity contribution in [2.45, 2.75) is 19.9 Å². The fraction of sp³-hybridized carbons (Fsp3) is 0.389. The van der Waals surface area contributed by atoms with E-state index in [4.69, 9.17) is 26.4 Å². The summed E-state index contributed by atoms with van der Waals surface area (Å²) in [5.74, 6) is -0.849. The predicted octanol–water partition coefficient (Wildman–Crippen LogP) is 1.69. The average Bonchev–Trinajstić information content (AvgIpc) is 2.88. The SMILES string of the molecule is COc1cc(/C=C2\SC(=S)N(C(C(=O)[O-])C(C)C)C2=O)cc(OC)c1OC. The first-order chi connectivity index (χ1) is 12.7. The predicted molar refractivity (Wildman–Crippen MR) is 105 cm³/mol. The number of aliphatic carboxylic acids is 1. The molecule has 0 spiro atoms. The van der Waals surface area contributed by atoms with Crippen molar-refractivity contribution in [2.24, 2.45) is 5.92 Å². The Labute approximate surface area is 167 Å². The van der Waals surface area contributed by atoms with Crippen molar-refractivity contribution in [2.75, 3.05) is 21.3 Å². The van der Waals surface area contributed by atoms with Crippen molar-refractivity contribution in [3.63, 3.8) is 0 Å². The number of benzene rings is 1. The summed E-state index contributed by atoms with van der Waals surface area (Å²) in [6.45, 7) is 3.39. The highest BCUT2D eigenvalue weighted by Crippen LogP contribution is 2.40. The van der Waals surface area contributed by atoms with Crippen LogP contribution in [0.4, 0.5) is 0 Å². The van der Waals surface area contributed by atoms with Crippen LogP contribution < -0.4 is 19.3 Å². The van der Waals surface area contributed by atoms with E-state index in [-0.39, 0.29) is 10.2 Å². The van der Waals surface area contributed by atoms with Gasteiger partial charge < -0.3 is 24.1 Å². The topological polar surface area (TPSA) is 88.1 Å². The zero-order valence-corrected chi connectivity index (χ0v) is 17.2. The van der Waals surface area contributed by atoms with E-state index in [1.807, 2.05) is 0 Å². The van der Waals surface area contributed by atoms with E-state index >= 15 is 0 Å². The molecule has 1 aromatic carbocycles. The van der Waals surface area contributed by atoms with E-state index in [0.717, 1.165) is 16.7 Å². The number of carboxylic acids is 1. The molecule has 9 heteroatoms. The zero-order chi connectivity index (χ0) is 20.3. The van der Waals surface area contributed by atoms with Gasteiger partial charge in [0.15, 0.2) is 11.5 Å². The number of carbonyl (C=O) groups excluding carboxylic acids is 2. The van der Waals surface area contributed by atoms with Crippen molar-refractivity contribution < 1.29 is 28.9 Å². The highest BCUT2D eigenvalue weighted by Gasteiger charge is 2.39. The summed E-state index contributed by atoms with van der Waals surface area (Å²) in [6, 6.07) is 2.25. The van der Waals surface area contributed by atoms with Crippen LogP contribution in [0.15, 0.2) is 17.0 Å². The number of thioether (sulfide) groups is 1. The first-order valence-electron chi connectivity index (χ1n) is 8.03. The average molecular weight is 410 g/mol. The second kappa shape index (κ2) is 8.62. The minimum Gasteiger partial charge on any atom is -0.548 e. The van der Waals surface area contributed by atoms with Gasteiger partial charge in [-0.15, -0.1) is 0 Å². The van der Waals surface area contributed by atoms with E-state index in [9.17, 15) is 14.7 Å².